The highest BCUT2D eigenvalue weighted by Gasteiger charge is 2.17. The van der Waals surface area contributed by atoms with Crippen LogP contribution < -0.4 is 4.74 Å². The maximum absolute atomic E-state index is 14.7. The molecule has 0 radical (unpaired) electrons. The van der Waals surface area contributed by atoms with Crippen LogP contribution in [0.3, 0.4) is 0 Å². The maximum atomic E-state index is 14.7. The molecule has 0 spiro atoms. The predicted molar refractivity (Wildman–Crippen MR) is 131 cm³/mol. The standard InChI is InChI=1S/C30H24F4O/c1-3-18-35-26-17-16-25(29(33)30(26)34)22-11-6-20(7-12-22)8-13-23-14-15-24(28(32)27(23)31)21-9-4-19(2)5-10-21/h3-7,9-12,14-17H,1,8,13,18H2,2H3. The van der Waals surface area contributed by atoms with Crippen LogP contribution in [0.4, 0.5) is 17.6 Å². The Morgan fingerprint density at radius 2 is 1.23 bits per heavy atom. The van der Waals surface area contributed by atoms with Crippen LogP contribution in [-0.4, -0.2) is 6.61 Å². The SMILES string of the molecule is C=CCOc1ccc(-c2ccc(CCc3ccc(-c4ccc(C)cc4)c(F)c3F)cc2)c(F)c1F. The van der Waals surface area contributed by atoms with Crippen LogP contribution in [0.15, 0.2) is 85.5 Å². The molecule has 35 heavy (non-hydrogen) atoms. The summed E-state index contributed by atoms with van der Waals surface area (Å²) in [6.45, 7) is 5.49. The number of hydrogen-bond donors (Lipinski definition) is 0. The number of rotatable bonds is 8. The third-order valence-corrected chi connectivity index (χ3v) is 5.88. The van der Waals surface area contributed by atoms with Gasteiger partial charge in [-0.2, -0.15) is 4.39 Å². The first kappa shape index (κ1) is 24.3. The zero-order chi connectivity index (χ0) is 24.9. The molecule has 0 aliphatic carbocycles. The Bertz CT molecular complexity index is 1340. The van der Waals surface area contributed by atoms with Crippen LogP contribution in [0.1, 0.15) is 16.7 Å². The van der Waals surface area contributed by atoms with Crippen molar-refractivity contribution in [3.8, 4) is 28.0 Å². The van der Waals surface area contributed by atoms with Crippen LogP contribution in [0, 0.1) is 30.2 Å². The van der Waals surface area contributed by atoms with E-state index in [1.54, 1.807) is 48.5 Å². The highest BCUT2D eigenvalue weighted by Crippen LogP contribution is 2.31. The van der Waals surface area contributed by atoms with Crippen LogP contribution in [0.25, 0.3) is 22.3 Å². The molecule has 0 saturated heterocycles. The second-order valence-corrected chi connectivity index (χ2v) is 8.30. The molecule has 0 bridgehead atoms. The summed E-state index contributed by atoms with van der Waals surface area (Å²) in [7, 11) is 0. The Balaban J connectivity index is 1.47. The predicted octanol–water partition coefficient (Wildman–Crippen LogP) is 8.24. The normalized spacial score (nSPS) is 10.9. The van der Waals surface area contributed by atoms with Gasteiger partial charge in [-0.15, -0.1) is 0 Å². The van der Waals surface area contributed by atoms with E-state index in [-0.39, 0.29) is 29.0 Å². The molecule has 178 valence electrons. The van der Waals surface area contributed by atoms with Gasteiger partial charge in [0, 0.05) is 11.1 Å². The van der Waals surface area contributed by atoms with Crippen molar-refractivity contribution in [2.24, 2.45) is 0 Å². The average molecular weight is 477 g/mol. The lowest BCUT2D eigenvalue weighted by Crippen LogP contribution is -2.00. The number of hydrogen-bond acceptors (Lipinski definition) is 1. The zero-order valence-corrected chi connectivity index (χ0v) is 19.3. The van der Waals surface area contributed by atoms with E-state index in [0.29, 0.717) is 24.0 Å². The van der Waals surface area contributed by atoms with Crippen molar-refractivity contribution in [3.05, 3.63) is 125 Å². The molecular weight excluding hydrogens is 452 g/mol. The van der Waals surface area contributed by atoms with Crippen molar-refractivity contribution in [2.75, 3.05) is 6.61 Å². The molecule has 4 aromatic rings. The number of halogens is 4. The smallest absolute Gasteiger partial charge is 0.201 e. The van der Waals surface area contributed by atoms with E-state index < -0.39 is 23.3 Å². The Labute approximate surface area is 202 Å². The van der Waals surface area contributed by atoms with Crippen molar-refractivity contribution in [1.29, 1.82) is 0 Å². The molecule has 0 N–H and O–H groups in total. The molecule has 0 fully saturated rings. The summed E-state index contributed by atoms with van der Waals surface area (Å²) in [6.07, 6.45) is 2.21. The third kappa shape index (κ3) is 5.29. The Kier molecular flexibility index (Phi) is 7.35. The van der Waals surface area contributed by atoms with Gasteiger partial charge in [-0.1, -0.05) is 78.9 Å². The fraction of sp³-hybridized carbons (Fsp3) is 0.133. The molecule has 0 amide bonds. The second kappa shape index (κ2) is 10.6. The minimum Gasteiger partial charge on any atom is -0.486 e. The van der Waals surface area contributed by atoms with Crippen molar-refractivity contribution in [3.63, 3.8) is 0 Å². The van der Waals surface area contributed by atoms with Gasteiger partial charge in [-0.25, -0.2) is 13.2 Å². The summed E-state index contributed by atoms with van der Waals surface area (Å²) in [4.78, 5) is 0. The molecule has 0 aliphatic rings. The highest BCUT2D eigenvalue weighted by atomic mass is 19.2. The molecule has 0 heterocycles. The van der Waals surface area contributed by atoms with E-state index in [0.717, 1.165) is 11.1 Å². The van der Waals surface area contributed by atoms with Gasteiger partial charge < -0.3 is 4.74 Å². The average Bonchev–Trinajstić information content (AvgIpc) is 2.87. The molecule has 5 heteroatoms. The maximum Gasteiger partial charge on any atom is 0.201 e. The summed E-state index contributed by atoms with van der Waals surface area (Å²) >= 11 is 0. The molecule has 4 aromatic carbocycles. The van der Waals surface area contributed by atoms with E-state index >= 15 is 0 Å². The first-order chi connectivity index (χ1) is 16.9. The van der Waals surface area contributed by atoms with Crippen LogP contribution >= 0.6 is 0 Å². The summed E-state index contributed by atoms with van der Waals surface area (Å²) in [5, 5.41) is 0. The van der Waals surface area contributed by atoms with E-state index in [4.69, 9.17) is 4.74 Å². The number of aryl methyl sites for hydroxylation is 3. The lowest BCUT2D eigenvalue weighted by atomic mass is 9.97. The van der Waals surface area contributed by atoms with Gasteiger partial charge in [0.05, 0.1) is 0 Å². The monoisotopic (exact) mass is 476 g/mol. The lowest BCUT2D eigenvalue weighted by molar-refractivity contribution is 0.333. The zero-order valence-electron chi connectivity index (χ0n) is 19.3. The van der Waals surface area contributed by atoms with E-state index in [1.165, 1.54) is 18.2 Å². The molecule has 4 rings (SSSR count). The van der Waals surface area contributed by atoms with Gasteiger partial charge in [-0.3, -0.25) is 0 Å². The summed E-state index contributed by atoms with van der Waals surface area (Å²) in [5.74, 6) is -3.94. The minimum atomic E-state index is -1.06. The van der Waals surface area contributed by atoms with Gasteiger partial charge in [0.25, 0.3) is 0 Å². The summed E-state index contributed by atoms with van der Waals surface area (Å²) in [6, 6.07) is 20.2. The fourth-order valence-electron chi connectivity index (χ4n) is 3.88. The number of ether oxygens (including phenoxy) is 1. The molecule has 0 atom stereocenters. The van der Waals surface area contributed by atoms with Gasteiger partial charge in [-0.05, 0) is 54.2 Å². The Morgan fingerprint density at radius 1 is 0.657 bits per heavy atom. The highest BCUT2D eigenvalue weighted by molar-refractivity contribution is 5.66. The summed E-state index contributed by atoms with van der Waals surface area (Å²) in [5.41, 5.74) is 3.65. The van der Waals surface area contributed by atoms with E-state index in [9.17, 15) is 17.6 Å². The summed E-state index contributed by atoms with van der Waals surface area (Å²) < 4.78 is 63.4. The number of benzene rings is 4. The van der Waals surface area contributed by atoms with Gasteiger partial charge in [0.1, 0.15) is 6.61 Å². The van der Waals surface area contributed by atoms with Crippen LogP contribution in [0.2, 0.25) is 0 Å². The minimum absolute atomic E-state index is 0.0730. The van der Waals surface area contributed by atoms with Crippen LogP contribution in [-0.2, 0) is 12.8 Å². The van der Waals surface area contributed by atoms with E-state index in [1.807, 2.05) is 19.1 Å². The Hall–Kier alpha value is -3.86. The molecular formula is C30H24F4O. The topological polar surface area (TPSA) is 9.23 Å². The molecule has 0 saturated carbocycles. The van der Waals surface area contributed by atoms with Crippen molar-refractivity contribution < 1.29 is 22.3 Å². The van der Waals surface area contributed by atoms with Crippen molar-refractivity contribution in [2.45, 2.75) is 19.8 Å². The fourth-order valence-corrected chi connectivity index (χ4v) is 3.88. The molecule has 0 unspecified atom stereocenters. The van der Waals surface area contributed by atoms with Gasteiger partial charge in [0.15, 0.2) is 23.2 Å². The third-order valence-electron chi connectivity index (χ3n) is 5.88. The van der Waals surface area contributed by atoms with Crippen molar-refractivity contribution >= 4 is 0 Å². The Morgan fingerprint density at radius 3 is 1.86 bits per heavy atom. The van der Waals surface area contributed by atoms with Gasteiger partial charge >= 0.3 is 0 Å². The van der Waals surface area contributed by atoms with Gasteiger partial charge in [0.2, 0.25) is 5.82 Å². The lowest BCUT2D eigenvalue weighted by Gasteiger charge is -2.11. The second-order valence-electron chi connectivity index (χ2n) is 8.30. The van der Waals surface area contributed by atoms with Crippen LogP contribution in [0.5, 0.6) is 5.75 Å². The largest absolute Gasteiger partial charge is 0.486 e. The molecule has 0 aliphatic heterocycles. The molecule has 1 nitrogen and oxygen atoms in total. The van der Waals surface area contributed by atoms with Crippen molar-refractivity contribution in [1.82, 2.24) is 0 Å². The first-order valence-corrected chi connectivity index (χ1v) is 11.2. The molecule has 0 aromatic heterocycles. The van der Waals surface area contributed by atoms with E-state index in [2.05, 4.69) is 6.58 Å². The quantitative estimate of drug-likeness (QED) is 0.184. The first-order valence-electron chi connectivity index (χ1n) is 11.2.